The summed E-state index contributed by atoms with van der Waals surface area (Å²) in [6.07, 6.45) is 2.71. The molecule has 1 N–H and O–H groups in total. The summed E-state index contributed by atoms with van der Waals surface area (Å²) < 4.78 is 5.33. The molecule has 0 aromatic heterocycles. The van der Waals surface area contributed by atoms with Gasteiger partial charge in [0.2, 0.25) is 0 Å². The first-order valence-electron chi connectivity index (χ1n) is 3.86. The van der Waals surface area contributed by atoms with Crippen molar-refractivity contribution >= 4 is 7.85 Å². The highest BCUT2D eigenvalue weighted by atomic mass is 16.5. The molecule has 0 aromatic rings. The minimum Gasteiger partial charge on any atom is -0.390 e. The van der Waals surface area contributed by atoms with Crippen molar-refractivity contribution in [2.45, 2.75) is 37.5 Å². The zero-order valence-corrected chi connectivity index (χ0v) is 5.86. The zero-order chi connectivity index (χ0) is 7.14. The summed E-state index contributed by atoms with van der Waals surface area (Å²) in [6.45, 7) is 0. The van der Waals surface area contributed by atoms with Crippen LogP contribution in [0.15, 0.2) is 0 Å². The van der Waals surface area contributed by atoms with Crippen LogP contribution in [0.4, 0.5) is 0 Å². The molecule has 3 heteroatoms. The highest BCUT2D eigenvalue weighted by Gasteiger charge is 2.41. The first-order chi connectivity index (χ1) is 4.77. The van der Waals surface area contributed by atoms with Gasteiger partial charge in [-0.05, 0) is 25.2 Å². The van der Waals surface area contributed by atoms with Crippen LogP contribution in [0.5, 0.6) is 0 Å². The molecule has 2 nitrogen and oxygen atoms in total. The van der Waals surface area contributed by atoms with E-state index in [0.717, 1.165) is 19.3 Å². The Bertz CT molecular complexity index is 140. The average molecular weight is 138 g/mol. The number of aliphatic hydroxyl groups is 1. The summed E-state index contributed by atoms with van der Waals surface area (Å²) >= 11 is 0. The lowest BCUT2D eigenvalue weighted by molar-refractivity contribution is -0.00470. The minimum absolute atomic E-state index is 0.0509. The van der Waals surface area contributed by atoms with Crippen LogP contribution in [0.2, 0.25) is 0 Å². The molecular weight excluding hydrogens is 127 g/mol. The van der Waals surface area contributed by atoms with Crippen molar-refractivity contribution < 1.29 is 9.84 Å². The van der Waals surface area contributed by atoms with Gasteiger partial charge in [-0.25, -0.2) is 0 Å². The number of rotatable bonds is 0. The number of hydrogen-bond donors (Lipinski definition) is 1. The van der Waals surface area contributed by atoms with Crippen LogP contribution < -0.4 is 0 Å². The fraction of sp³-hybridized carbons (Fsp3) is 1.00. The molecule has 2 aliphatic rings. The van der Waals surface area contributed by atoms with Crippen LogP contribution in [-0.4, -0.2) is 31.2 Å². The van der Waals surface area contributed by atoms with Gasteiger partial charge in [0, 0.05) is 6.00 Å². The molecule has 0 spiro atoms. The van der Waals surface area contributed by atoms with Crippen LogP contribution in [0.3, 0.4) is 0 Å². The van der Waals surface area contributed by atoms with Crippen LogP contribution in [-0.2, 0) is 4.74 Å². The molecule has 2 radical (unpaired) electrons. The third-order valence-corrected chi connectivity index (χ3v) is 2.54. The average Bonchev–Trinajstić information content (AvgIpc) is 2.35. The molecule has 2 fully saturated rings. The normalized spacial score (nSPS) is 53.3. The first kappa shape index (κ1) is 6.68. The predicted molar refractivity (Wildman–Crippen MR) is 37.8 cm³/mol. The fourth-order valence-electron chi connectivity index (χ4n) is 2.04. The first-order valence-corrected chi connectivity index (χ1v) is 3.86. The van der Waals surface area contributed by atoms with Gasteiger partial charge in [-0.1, -0.05) is 0 Å². The Morgan fingerprint density at radius 2 is 2.20 bits per heavy atom. The zero-order valence-electron chi connectivity index (χ0n) is 5.86. The summed E-state index contributed by atoms with van der Waals surface area (Å²) in [6, 6.07) is -0.120. The van der Waals surface area contributed by atoms with E-state index in [0.29, 0.717) is 5.92 Å². The van der Waals surface area contributed by atoms with Crippen molar-refractivity contribution in [1.29, 1.82) is 0 Å². The molecule has 1 saturated heterocycles. The van der Waals surface area contributed by atoms with E-state index in [-0.39, 0.29) is 18.2 Å². The van der Waals surface area contributed by atoms with E-state index in [1.165, 1.54) is 0 Å². The molecule has 0 amide bonds. The molecule has 10 heavy (non-hydrogen) atoms. The van der Waals surface area contributed by atoms with Gasteiger partial charge < -0.3 is 9.84 Å². The second-order valence-corrected chi connectivity index (χ2v) is 3.28. The lowest BCUT2D eigenvalue weighted by atomic mass is 9.91. The molecule has 0 bridgehead atoms. The Hall–Kier alpha value is -0.0151. The summed E-state index contributed by atoms with van der Waals surface area (Å²) in [5, 5.41) is 9.34. The van der Waals surface area contributed by atoms with Crippen molar-refractivity contribution in [2.75, 3.05) is 0 Å². The topological polar surface area (TPSA) is 29.5 Å². The molecule has 1 aliphatic heterocycles. The Labute approximate surface area is 62.0 Å². The molecule has 4 atom stereocenters. The third-order valence-electron chi connectivity index (χ3n) is 2.54. The Balaban J connectivity index is 2.05. The van der Waals surface area contributed by atoms with Crippen molar-refractivity contribution in [3.8, 4) is 0 Å². The second kappa shape index (κ2) is 2.24. The Morgan fingerprint density at radius 1 is 1.40 bits per heavy atom. The van der Waals surface area contributed by atoms with Gasteiger partial charge in [-0.15, -0.1) is 0 Å². The fourth-order valence-corrected chi connectivity index (χ4v) is 2.04. The summed E-state index contributed by atoms with van der Waals surface area (Å²) in [5.41, 5.74) is 0. The Morgan fingerprint density at radius 3 is 2.90 bits per heavy atom. The van der Waals surface area contributed by atoms with E-state index >= 15 is 0 Å². The quantitative estimate of drug-likeness (QED) is 0.479. The van der Waals surface area contributed by atoms with E-state index in [2.05, 4.69) is 0 Å². The number of ether oxygens (including phenoxy) is 1. The maximum absolute atomic E-state index is 9.34. The van der Waals surface area contributed by atoms with Gasteiger partial charge in [-0.2, -0.15) is 0 Å². The SMILES string of the molecule is [B]C1CC2CC[C@@H](O)C2O1. The van der Waals surface area contributed by atoms with Gasteiger partial charge in [-0.3, -0.25) is 0 Å². The van der Waals surface area contributed by atoms with Gasteiger partial charge in [0.05, 0.1) is 12.2 Å². The largest absolute Gasteiger partial charge is 0.390 e. The lowest BCUT2D eigenvalue weighted by Gasteiger charge is -2.12. The highest BCUT2D eigenvalue weighted by Crippen LogP contribution is 2.37. The van der Waals surface area contributed by atoms with Gasteiger partial charge in [0.15, 0.2) is 0 Å². The van der Waals surface area contributed by atoms with E-state index in [4.69, 9.17) is 12.6 Å². The number of aliphatic hydroxyl groups excluding tert-OH is 1. The molecule has 1 aliphatic carbocycles. The van der Waals surface area contributed by atoms with Crippen LogP contribution in [0.25, 0.3) is 0 Å². The van der Waals surface area contributed by atoms with Crippen molar-refractivity contribution in [2.24, 2.45) is 5.92 Å². The maximum Gasteiger partial charge on any atom is 0.109 e. The summed E-state index contributed by atoms with van der Waals surface area (Å²) in [7, 11) is 5.55. The highest BCUT2D eigenvalue weighted by molar-refractivity contribution is 6.11. The smallest absolute Gasteiger partial charge is 0.109 e. The maximum atomic E-state index is 9.34. The second-order valence-electron chi connectivity index (χ2n) is 3.28. The van der Waals surface area contributed by atoms with Gasteiger partial charge in [0.1, 0.15) is 7.85 Å². The Kier molecular flexibility index (Phi) is 1.50. The van der Waals surface area contributed by atoms with E-state index in [9.17, 15) is 5.11 Å². The standard InChI is InChI=1S/C7H11BO2/c8-6-3-4-1-2-5(9)7(4)10-6/h4-7,9H,1-3H2/t4?,5-,6?,7?/m1/s1. The summed E-state index contributed by atoms with van der Waals surface area (Å²) in [4.78, 5) is 0. The van der Waals surface area contributed by atoms with E-state index < -0.39 is 0 Å². The molecule has 1 heterocycles. The van der Waals surface area contributed by atoms with Gasteiger partial charge in [0.25, 0.3) is 0 Å². The van der Waals surface area contributed by atoms with Gasteiger partial charge >= 0.3 is 0 Å². The summed E-state index contributed by atoms with van der Waals surface area (Å²) in [5.74, 6) is 0.532. The van der Waals surface area contributed by atoms with E-state index in [1.807, 2.05) is 0 Å². The monoisotopic (exact) mass is 138 g/mol. The van der Waals surface area contributed by atoms with Crippen molar-refractivity contribution in [1.82, 2.24) is 0 Å². The molecule has 3 unspecified atom stereocenters. The van der Waals surface area contributed by atoms with E-state index in [1.54, 1.807) is 0 Å². The van der Waals surface area contributed by atoms with Crippen LogP contribution in [0.1, 0.15) is 19.3 Å². The number of fused-ring (bicyclic) bond motifs is 1. The predicted octanol–water partition coefficient (Wildman–Crippen LogP) is 0.0408. The molecular formula is C7H11BO2. The van der Waals surface area contributed by atoms with Crippen molar-refractivity contribution in [3.05, 3.63) is 0 Å². The van der Waals surface area contributed by atoms with Crippen LogP contribution in [0, 0.1) is 5.92 Å². The molecule has 1 saturated carbocycles. The third kappa shape index (κ3) is 0.885. The number of hydrogen-bond acceptors (Lipinski definition) is 2. The molecule has 54 valence electrons. The molecule has 0 aromatic carbocycles. The van der Waals surface area contributed by atoms with Crippen LogP contribution >= 0.6 is 0 Å². The minimum atomic E-state index is -0.251. The van der Waals surface area contributed by atoms with Crippen molar-refractivity contribution in [3.63, 3.8) is 0 Å². The lowest BCUT2D eigenvalue weighted by Crippen LogP contribution is -2.23. The molecule has 2 rings (SSSR count).